The Labute approximate surface area is 135 Å². The van der Waals surface area contributed by atoms with Crippen LogP contribution in [0.2, 0.25) is 0 Å². The maximum atomic E-state index is 3.59. The molecule has 0 spiro atoms. The van der Waals surface area contributed by atoms with Crippen LogP contribution in [-0.4, -0.2) is 7.05 Å². The first-order valence-electron chi connectivity index (χ1n) is 8.39. The van der Waals surface area contributed by atoms with Crippen LogP contribution in [-0.2, 0) is 5.54 Å². The molecule has 22 heavy (non-hydrogen) atoms. The number of hydrogen-bond acceptors (Lipinski definition) is 1. The predicted octanol–water partition coefficient (Wildman–Crippen LogP) is 5.38. The van der Waals surface area contributed by atoms with Crippen LogP contribution in [0.3, 0.4) is 0 Å². The molecular formula is C21H29N. The lowest BCUT2D eigenvalue weighted by Gasteiger charge is -2.35. The highest BCUT2D eigenvalue weighted by Crippen LogP contribution is 2.36. The van der Waals surface area contributed by atoms with Crippen LogP contribution in [0.5, 0.6) is 0 Å². The Bertz CT molecular complexity index is 617. The second kappa shape index (κ2) is 7.11. The van der Waals surface area contributed by atoms with Crippen molar-refractivity contribution in [1.29, 1.82) is 0 Å². The van der Waals surface area contributed by atoms with Crippen molar-refractivity contribution in [3.63, 3.8) is 0 Å². The summed E-state index contributed by atoms with van der Waals surface area (Å²) in [6.45, 7) is 9.10. The van der Waals surface area contributed by atoms with E-state index in [2.05, 4.69) is 88.6 Å². The van der Waals surface area contributed by atoms with Gasteiger partial charge in [-0.25, -0.2) is 0 Å². The molecular weight excluding hydrogens is 266 g/mol. The molecule has 0 fully saturated rings. The summed E-state index contributed by atoms with van der Waals surface area (Å²) in [5.74, 6) is 0.581. The van der Waals surface area contributed by atoms with E-state index in [0.717, 1.165) is 0 Å². The highest BCUT2D eigenvalue weighted by molar-refractivity contribution is 5.46. The third-order valence-electron chi connectivity index (χ3n) is 4.94. The average Bonchev–Trinajstić information content (AvgIpc) is 2.55. The van der Waals surface area contributed by atoms with Crippen LogP contribution in [0.25, 0.3) is 0 Å². The second-order valence-corrected chi connectivity index (χ2v) is 6.47. The van der Waals surface area contributed by atoms with Crippen LogP contribution < -0.4 is 5.32 Å². The average molecular weight is 295 g/mol. The van der Waals surface area contributed by atoms with Crippen molar-refractivity contribution in [3.8, 4) is 0 Å². The van der Waals surface area contributed by atoms with Gasteiger partial charge in [0.2, 0.25) is 0 Å². The Kier molecular flexibility index (Phi) is 5.42. The van der Waals surface area contributed by atoms with E-state index in [-0.39, 0.29) is 5.54 Å². The molecule has 0 aromatic heterocycles. The summed E-state index contributed by atoms with van der Waals surface area (Å²) in [6, 6.07) is 17.6. The Morgan fingerprint density at radius 3 is 2.18 bits per heavy atom. The van der Waals surface area contributed by atoms with E-state index < -0.39 is 0 Å². The summed E-state index contributed by atoms with van der Waals surface area (Å²) in [7, 11) is 2.06. The lowest BCUT2D eigenvalue weighted by atomic mass is 9.77. The number of aryl methyl sites for hydroxylation is 1. The third-order valence-corrected chi connectivity index (χ3v) is 4.94. The largest absolute Gasteiger partial charge is 0.307 e. The van der Waals surface area contributed by atoms with Gasteiger partial charge < -0.3 is 5.32 Å². The number of benzene rings is 2. The molecule has 1 nitrogen and oxygen atoms in total. The van der Waals surface area contributed by atoms with Crippen molar-refractivity contribution < 1.29 is 0 Å². The first kappa shape index (κ1) is 16.8. The topological polar surface area (TPSA) is 12.0 Å². The number of rotatable bonds is 6. The highest BCUT2D eigenvalue weighted by Gasteiger charge is 2.31. The van der Waals surface area contributed by atoms with Crippen LogP contribution in [0.1, 0.15) is 61.8 Å². The smallest absolute Gasteiger partial charge is 0.0664 e. The van der Waals surface area contributed by atoms with E-state index >= 15 is 0 Å². The molecule has 2 rings (SSSR count). The predicted molar refractivity (Wildman–Crippen MR) is 96.5 cm³/mol. The van der Waals surface area contributed by atoms with E-state index in [4.69, 9.17) is 0 Å². The summed E-state index contributed by atoms with van der Waals surface area (Å²) in [4.78, 5) is 0. The normalized spacial score (nSPS) is 15.3. The van der Waals surface area contributed by atoms with Gasteiger partial charge in [-0.1, -0.05) is 68.8 Å². The second-order valence-electron chi connectivity index (χ2n) is 6.47. The molecule has 0 aliphatic heterocycles. The van der Waals surface area contributed by atoms with Gasteiger partial charge in [-0.05, 0) is 55.5 Å². The van der Waals surface area contributed by atoms with Gasteiger partial charge in [0.25, 0.3) is 0 Å². The van der Waals surface area contributed by atoms with Crippen LogP contribution >= 0.6 is 0 Å². The first-order chi connectivity index (χ1) is 10.5. The fraction of sp³-hybridized carbons (Fsp3) is 0.429. The molecule has 0 heterocycles. The van der Waals surface area contributed by atoms with Crippen LogP contribution in [0.15, 0.2) is 48.5 Å². The maximum absolute atomic E-state index is 3.59. The zero-order valence-electron chi connectivity index (χ0n) is 14.6. The quantitative estimate of drug-likeness (QED) is 0.754. The number of nitrogens with one attached hydrogen (secondary N) is 1. The zero-order chi connectivity index (χ0) is 16.2. The fourth-order valence-corrected chi connectivity index (χ4v) is 3.52. The SMILES string of the molecule is CCC[C@@H](C)c1ccccc1[C@](C)(NC)c1ccccc1C. The Balaban J connectivity index is 2.59. The monoisotopic (exact) mass is 295 g/mol. The molecule has 0 saturated carbocycles. The van der Waals surface area contributed by atoms with Crippen molar-refractivity contribution in [2.45, 2.75) is 52.0 Å². The van der Waals surface area contributed by atoms with Crippen molar-refractivity contribution in [3.05, 3.63) is 70.8 Å². The number of hydrogen-bond donors (Lipinski definition) is 1. The van der Waals surface area contributed by atoms with Crippen LogP contribution in [0.4, 0.5) is 0 Å². The molecule has 0 radical (unpaired) electrons. The third kappa shape index (κ3) is 3.10. The fourth-order valence-electron chi connectivity index (χ4n) is 3.52. The molecule has 0 bridgehead atoms. The molecule has 2 atom stereocenters. The molecule has 0 saturated heterocycles. The summed E-state index contributed by atoms with van der Waals surface area (Å²) >= 11 is 0. The van der Waals surface area contributed by atoms with E-state index in [1.165, 1.54) is 35.1 Å². The standard InChI is InChI=1S/C21H29N/c1-6-11-16(2)18-13-8-10-15-20(18)21(4,22-5)19-14-9-7-12-17(19)3/h7-10,12-16,22H,6,11H2,1-5H3/t16-,21-/m1/s1. The van der Waals surface area contributed by atoms with Crippen molar-refractivity contribution >= 4 is 0 Å². The summed E-state index contributed by atoms with van der Waals surface area (Å²) in [6.07, 6.45) is 2.45. The van der Waals surface area contributed by atoms with Gasteiger partial charge in [0.15, 0.2) is 0 Å². The molecule has 1 N–H and O–H groups in total. The Hall–Kier alpha value is -1.60. The summed E-state index contributed by atoms with van der Waals surface area (Å²) in [5.41, 5.74) is 5.38. The molecule has 2 aromatic carbocycles. The minimum Gasteiger partial charge on any atom is -0.307 e. The molecule has 2 aromatic rings. The minimum atomic E-state index is -0.163. The maximum Gasteiger partial charge on any atom is 0.0664 e. The van der Waals surface area contributed by atoms with Gasteiger partial charge in [0, 0.05) is 0 Å². The van der Waals surface area contributed by atoms with Crippen molar-refractivity contribution in [2.75, 3.05) is 7.05 Å². The summed E-state index contributed by atoms with van der Waals surface area (Å²) in [5, 5.41) is 3.59. The Morgan fingerprint density at radius 2 is 1.59 bits per heavy atom. The van der Waals surface area contributed by atoms with Crippen molar-refractivity contribution in [1.82, 2.24) is 5.32 Å². The Morgan fingerprint density at radius 1 is 1.00 bits per heavy atom. The zero-order valence-corrected chi connectivity index (χ0v) is 14.6. The van der Waals surface area contributed by atoms with Crippen molar-refractivity contribution in [2.24, 2.45) is 0 Å². The first-order valence-corrected chi connectivity index (χ1v) is 8.39. The van der Waals surface area contributed by atoms with Gasteiger partial charge in [0.1, 0.15) is 0 Å². The van der Waals surface area contributed by atoms with E-state index in [0.29, 0.717) is 5.92 Å². The lowest BCUT2D eigenvalue weighted by Crippen LogP contribution is -2.39. The van der Waals surface area contributed by atoms with Gasteiger partial charge in [-0.2, -0.15) is 0 Å². The van der Waals surface area contributed by atoms with E-state index in [1.807, 2.05) is 0 Å². The molecule has 0 amide bonds. The molecule has 0 aliphatic carbocycles. The van der Waals surface area contributed by atoms with Gasteiger partial charge in [-0.15, -0.1) is 0 Å². The molecule has 118 valence electrons. The lowest BCUT2D eigenvalue weighted by molar-refractivity contribution is 0.472. The van der Waals surface area contributed by atoms with E-state index in [1.54, 1.807) is 0 Å². The minimum absolute atomic E-state index is 0.163. The highest BCUT2D eigenvalue weighted by atomic mass is 14.9. The van der Waals surface area contributed by atoms with E-state index in [9.17, 15) is 0 Å². The van der Waals surface area contributed by atoms with Gasteiger partial charge in [0.05, 0.1) is 5.54 Å². The molecule has 0 unspecified atom stereocenters. The summed E-state index contributed by atoms with van der Waals surface area (Å²) < 4.78 is 0. The molecule has 0 aliphatic rings. The van der Waals surface area contributed by atoms with Gasteiger partial charge >= 0.3 is 0 Å². The van der Waals surface area contributed by atoms with Gasteiger partial charge in [-0.3, -0.25) is 0 Å². The van der Waals surface area contributed by atoms with Crippen LogP contribution in [0, 0.1) is 6.92 Å². The molecule has 1 heteroatoms.